The highest BCUT2D eigenvalue weighted by Gasteiger charge is 2.17. The topological polar surface area (TPSA) is 12.0 Å². The van der Waals surface area contributed by atoms with Gasteiger partial charge in [0.1, 0.15) is 0 Å². The Kier molecular flexibility index (Phi) is 6.35. The number of aryl methyl sites for hydroxylation is 1. The maximum absolute atomic E-state index is 3.71. The molecule has 0 aromatic heterocycles. The van der Waals surface area contributed by atoms with Crippen molar-refractivity contribution in [1.29, 1.82) is 0 Å². The lowest BCUT2D eigenvalue weighted by molar-refractivity contribution is 0.628. The minimum absolute atomic E-state index is 0.192. The predicted octanol–water partition coefficient (Wildman–Crippen LogP) is 5.94. The molecule has 0 amide bonds. The van der Waals surface area contributed by atoms with Crippen molar-refractivity contribution in [3.05, 3.63) is 62.0 Å². The Morgan fingerprint density at radius 2 is 1.76 bits per heavy atom. The third-order valence-electron chi connectivity index (χ3n) is 3.45. The van der Waals surface area contributed by atoms with Crippen molar-refractivity contribution in [1.82, 2.24) is 5.32 Å². The lowest BCUT2D eigenvalue weighted by atomic mass is 9.98. The van der Waals surface area contributed by atoms with Crippen LogP contribution < -0.4 is 5.32 Å². The zero-order chi connectivity index (χ0) is 15.4. The Morgan fingerprint density at radius 3 is 2.33 bits per heavy atom. The molecule has 0 aliphatic heterocycles. The minimum Gasteiger partial charge on any atom is -0.306 e. The molecule has 1 atom stereocenters. The van der Waals surface area contributed by atoms with Gasteiger partial charge in [-0.15, -0.1) is 11.8 Å². The van der Waals surface area contributed by atoms with Crippen LogP contribution in [0.15, 0.2) is 50.2 Å². The summed E-state index contributed by atoms with van der Waals surface area (Å²) >= 11 is 9.12. The normalized spacial score (nSPS) is 12.4. The lowest BCUT2D eigenvalue weighted by Gasteiger charge is -2.21. The third kappa shape index (κ3) is 4.13. The molecule has 0 heterocycles. The summed E-state index contributed by atoms with van der Waals surface area (Å²) in [6.45, 7) is 5.17. The molecule has 0 saturated heterocycles. The van der Waals surface area contributed by atoms with E-state index in [2.05, 4.69) is 93.7 Å². The van der Waals surface area contributed by atoms with Gasteiger partial charge >= 0.3 is 0 Å². The average Bonchev–Trinajstić information content (AvgIpc) is 2.49. The van der Waals surface area contributed by atoms with Gasteiger partial charge in [0, 0.05) is 13.8 Å². The molecule has 1 nitrogen and oxygen atoms in total. The molecular weight excluding hydrogens is 410 g/mol. The molecule has 2 aromatic carbocycles. The van der Waals surface area contributed by atoms with E-state index >= 15 is 0 Å². The van der Waals surface area contributed by atoms with Crippen LogP contribution in [0.1, 0.15) is 29.7 Å². The van der Waals surface area contributed by atoms with Crippen LogP contribution in [0.25, 0.3) is 0 Å². The third-order valence-corrected chi connectivity index (χ3v) is 5.73. The molecule has 0 saturated carbocycles. The van der Waals surface area contributed by atoms with Crippen LogP contribution in [0.3, 0.4) is 0 Å². The number of thioether (sulfide) groups is 1. The SMILES string of the molecule is CCNC(c1ccc(SC)cc1)c1cc(Br)c(C)cc1Br. The summed E-state index contributed by atoms with van der Waals surface area (Å²) in [4.78, 5) is 1.29. The number of hydrogen-bond donors (Lipinski definition) is 1. The molecule has 0 aliphatic rings. The summed E-state index contributed by atoms with van der Waals surface area (Å²) in [7, 11) is 0. The Morgan fingerprint density at radius 1 is 1.10 bits per heavy atom. The Balaban J connectivity index is 2.44. The predicted molar refractivity (Wildman–Crippen MR) is 100 cm³/mol. The summed E-state index contributed by atoms with van der Waals surface area (Å²) in [6, 6.07) is 13.3. The number of rotatable bonds is 5. The largest absolute Gasteiger partial charge is 0.306 e. The monoisotopic (exact) mass is 427 g/mol. The van der Waals surface area contributed by atoms with Gasteiger partial charge in [-0.2, -0.15) is 0 Å². The number of benzene rings is 2. The molecule has 0 bridgehead atoms. The standard InChI is InChI=1S/C17H19Br2NS/c1-4-20-17(12-5-7-13(21-3)8-6-12)14-10-15(18)11(2)9-16(14)19/h5-10,17,20H,4H2,1-3H3. The van der Waals surface area contributed by atoms with Gasteiger partial charge < -0.3 is 5.32 Å². The summed E-state index contributed by atoms with van der Waals surface area (Å²) < 4.78 is 2.28. The highest BCUT2D eigenvalue weighted by Crippen LogP contribution is 2.33. The first kappa shape index (κ1) is 17.1. The van der Waals surface area contributed by atoms with Crippen LogP contribution in [0.2, 0.25) is 0 Å². The van der Waals surface area contributed by atoms with Gasteiger partial charge in [-0.05, 0) is 60.7 Å². The van der Waals surface area contributed by atoms with Crippen LogP contribution in [0.5, 0.6) is 0 Å². The minimum atomic E-state index is 0.192. The molecule has 4 heteroatoms. The van der Waals surface area contributed by atoms with E-state index in [4.69, 9.17) is 0 Å². The molecule has 21 heavy (non-hydrogen) atoms. The fraction of sp³-hybridized carbons (Fsp3) is 0.294. The zero-order valence-corrected chi connectivity index (χ0v) is 16.4. The van der Waals surface area contributed by atoms with Crippen molar-refractivity contribution in [2.24, 2.45) is 0 Å². The highest BCUT2D eigenvalue weighted by molar-refractivity contribution is 9.11. The molecule has 112 valence electrons. The molecule has 0 fully saturated rings. The first-order valence-electron chi connectivity index (χ1n) is 6.89. The van der Waals surface area contributed by atoms with Crippen molar-refractivity contribution in [3.8, 4) is 0 Å². The van der Waals surface area contributed by atoms with E-state index in [1.165, 1.54) is 21.6 Å². The second kappa shape index (κ2) is 7.82. The van der Waals surface area contributed by atoms with E-state index in [0.717, 1.165) is 15.5 Å². The summed E-state index contributed by atoms with van der Waals surface area (Å²) in [5, 5.41) is 3.58. The van der Waals surface area contributed by atoms with Crippen molar-refractivity contribution in [2.75, 3.05) is 12.8 Å². The van der Waals surface area contributed by atoms with Crippen LogP contribution in [0, 0.1) is 6.92 Å². The zero-order valence-electron chi connectivity index (χ0n) is 12.4. The van der Waals surface area contributed by atoms with Gasteiger partial charge in [0.05, 0.1) is 6.04 Å². The van der Waals surface area contributed by atoms with E-state index in [0.29, 0.717) is 0 Å². The fourth-order valence-corrected chi connectivity index (χ4v) is 3.75. The van der Waals surface area contributed by atoms with E-state index in [9.17, 15) is 0 Å². The molecular formula is C17H19Br2NS. The molecule has 2 rings (SSSR count). The molecule has 1 unspecified atom stereocenters. The molecule has 0 radical (unpaired) electrons. The van der Waals surface area contributed by atoms with Gasteiger partial charge in [0.2, 0.25) is 0 Å². The number of hydrogen-bond acceptors (Lipinski definition) is 2. The second-order valence-electron chi connectivity index (χ2n) is 4.89. The van der Waals surface area contributed by atoms with Gasteiger partial charge in [0.15, 0.2) is 0 Å². The van der Waals surface area contributed by atoms with E-state index in [1.54, 1.807) is 11.8 Å². The summed E-state index contributed by atoms with van der Waals surface area (Å²) in [5.74, 6) is 0. The van der Waals surface area contributed by atoms with Gasteiger partial charge in [-0.3, -0.25) is 0 Å². The van der Waals surface area contributed by atoms with Crippen molar-refractivity contribution in [3.63, 3.8) is 0 Å². The maximum atomic E-state index is 3.71. The molecule has 2 aromatic rings. The second-order valence-corrected chi connectivity index (χ2v) is 7.48. The van der Waals surface area contributed by atoms with Crippen LogP contribution in [0.4, 0.5) is 0 Å². The van der Waals surface area contributed by atoms with Crippen molar-refractivity contribution < 1.29 is 0 Å². The summed E-state index contributed by atoms with van der Waals surface area (Å²) in [6.07, 6.45) is 2.10. The van der Waals surface area contributed by atoms with Crippen molar-refractivity contribution >= 4 is 43.6 Å². The Bertz CT molecular complexity index is 611. The van der Waals surface area contributed by atoms with Crippen molar-refractivity contribution in [2.45, 2.75) is 24.8 Å². The van der Waals surface area contributed by atoms with Crippen LogP contribution >= 0.6 is 43.6 Å². The van der Waals surface area contributed by atoms with Crippen LogP contribution in [-0.2, 0) is 0 Å². The quantitative estimate of drug-likeness (QED) is 0.591. The Hall–Kier alpha value is -0.290. The average molecular weight is 429 g/mol. The van der Waals surface area contributed by atoms with E-state index < -0.39 is 0 Å². The van der Waals surface area contributed by atoms with Gasteiger partial charge in [-0.25, -0.2) is 0 Å². The van der Waals surface area contributed by atoms with E-state index in [1.807, 2.05) is 0 Å². The van der Waals surface area contributed by atoms with Gasteiger partial charge in [-0.1, -0.05) is 50.9 Å². The Labute approximate surface area is 148 Å². The smallest absolute Gasteiger partial charge is 0.0588 e. The first-order chi connectivity index (χ1) is 10.1. The lowest BCUT2D eigenvalue weighted by Crippen LogP contribution is -2.22. The van der Waals surface area contributed by atoms with Crippen LogP contribution in [-0.4, -0.2) is 12.8 Å². The summed E-state index contributed by atoms with van der Waals surface area (Å²) in [5.41, 5.74) is 3.77. The van der Waals surface area contributed by atoms with E-state index in [-0.39, 0.29) is 6.04 Å². The number of halogens is 2. The highest BCUT2D eigenvalue weighted by atomic mass is 79.9. The molecule has 1 N–H and O–H groups in total. The maximum Gasteiger partial charge on any atom is 0.0588 e. The fourth-order valence-electron chi connectivity index (χ4n) is 2.29. The molecule has 0 spiro atoms. The first-order valence-corrected chi connectivity index (χ1v) is 9.70. The van der Waals surface area contributed by atoms with Gasteiger partial charge in [0.25, 0.3) is 0 Å². The molecule has 0 aliphatic carbocycles. The number of nitrogens with one attached hydrogen (secondary N) is 1.